The van der Waals surface area contributed by atoms with Gasteiger partial charge in [-0.2, -0.15) is 0 Å². The fraction of sp³-hybridized carbons (Fsp3) is 0.786. The number of hydrogen-bond donors (Lipinski definition) is 1. The van der Waals surface area contributed by atoms with Gasteiger partial charge in [0, 0.05) is 0 Å². The van der Waals surface area contributed by atoms with E-state index < -0.39 is 11.4 Å². The van der Waals surface area contributed by atoms with Gasteiger partial charge >= 0.3 is 5.97 Å². The van der Waals surface area contributed by atoms with Crippen molar-refractivity contribution in [2.75, 3.05) is 0 Å². The largest absolute Gasteiger partial charge is 0.481 e. The molecule has 0 heterocycles. The standard InChI is InChI=1S/C14H24O2/c1-5-11(4)14(13(15)16)8-6-12(7-9-14)10(2)3/h5,10-12H,1,6-9H2,2-4H3,(H,15,16). The highest BCUT2D eigenvalue weighted by atomic mass is 16.4. The molecule has 16 heavy (non-hydrogen) atoms. The van der Waals surface area contributed by atoms with Crippen LogP contribution in [0, 0.1) is 23.2 Å². The van der Waals surface area contributed by atoms with Gasteiger partial charge in [-0.25, -0.2) is 0 Å². The monoisotopic (exact) mass is 224 g/mol. The molecule has 1 saturated carbocycles. The number of carboxylic acid groups (broad SMARTS) is 1. The molecule has 1 unspecified atom stereocenters. The fourth-order valence-corrected chi connectivity index (χ4v) is 2.91. The van der Waals surface area contributed by atoms with Gasteiger partial charge in [-0.3, -0.25) is 4.79 Å². The predicted octanol–water partition coefficient (Wildman–Crippen LogP) is 3.73. The Balaban J connectivity index is 2.78. The number of allylic oxidation sites excluding steroid dienone is 1. The maximum Gasteiger partial charge on any atom is 0.310 e. The zero-order valence-electron chi connectivity index (χ0n) is 10.7. The quantitative estimate of drug-likeness (QED) is 0.739. The van der Waals surface area contributed by atoms with Crippen molar-refractivity contribution in [2.24, 2.45) is 23.2 Å². The van der Waals surface area contributed by atoms with Crippen molar-refractivity contribution in [3.63, 3.8) is 0 Å². The molecule has 1 atom stereocenters. The minimum atomic E-state index is -0.637. The molecule has 0 aromatic rings. The van der Waals surface area contributed by atoms with Gasteiger partial charge in [-0.05, 0) is 43.4 Å². The zero-order chi connectivity index (χ0) is 12.3. The Labute approximate surface area is 98.7 Å². The first-order valence-corrected chi connectivity index (χ1v) is 6.30. The molecule has 0 aliphatic heterocycles. The molecule has 0 radical (unpaired) electrons. The van der Waals surface area contributed by atoms with Crippen LogP contribution in [-0.4, -0.2) is 11.1 Å². The van der Waals surface area contributed by atoms with E-state index in [1.165, 1.54) is 0 Å². The van der Waals surface area contributed by atoms with E-state index in [9.17, 15) is 9.90 Å². The summed E-state index contributed by atoms with van der Waals surface area (Å²) in [5.74, 6) is 0.801. The topological polar surface area (TPSA) is 37.3 Å². The first-order valence-electron chi connectivity index (χ1n) is 6.30. The Kier molecular flexibility index (Phi) is 4.17. The Morgan fingerprint density at radius 3 is 2.19 bits per heavy atom. The van der Waals surface area contributed by atoms with Gasteiger partial charge in [-0.15, -0.1) is 6.58 Å². The maximum atomic E-state index is 11.5. The lowest BCUT2D eigenvalue weighted by molar-refractivity contribution is -0.154. The first-order chi connectivity index (χ1) is 7.44. The second kappa shape index (κ2) is 5.03. The molecule has 0 amide bonds. The molecular formula is C14H24O2. The van der Waals surface area contributed by atoms with E-state index in [4.69, 9.17) is 0 Å². The maximum absolute atomic E-state index is 11.5. The molecule has 2 nitrogen and oxygen atoms in total. The van der Waals surface area contributed by atoms with Crippen molar-refractivity contribution in [3.8, 4) is 0 Å². The van der Waals surface area contributed by atoms with E-state index in [-0.39, 0.29) is 5.92 Å². The van der Waals surface area contributed by atoms with Crippen LogP contribution < -0.4 is 0 Å². The number of rotatable bonds is 4. The molecule has 1 aliphatic carbocycles. The summed E-state index contributed by atoms with van der Waals surface area (Å²) in [6, 6.07) is 0. The summed E-state index contributed by atoms with van der Waals surface area (Å²) in [6.07, 6.45) is 5.49. The van der Waals surface area contributed by atoms with Crippen LogP contribution >= 0.6 is 0 Å². The minimum absolute atomic E-state index is 0.0677. The molecule has 2 heteroatoms. The normalized spacial score (nSPS) is 32.4. The summed E-state index contributed by atoms with van der Waals surface area (Å²) in [6.45, 7) is 10.2. The molecule has 0 bridgehead atoms. The summed E-state index contributed by atoms with van der Waals surface area (Å²) >= 11 is 0. The Morgan fingerprint density at radius 2 is 1.88 bits per heavy atom. The van der Waals surface area contributed by atoms with Crippen molar-refractivity contribution in [3.05, 3.63) is 12.7 Å². The third-order valence-electron chi connectivity index (χ3n) is 4.52. The van der Waals surface area contributed by atoms with E-state index in [1.54, 1.807) is 6.08 Å². The lowest BCUT2D eigenvalue weighted by Gasteiger charge is -2.41. The highest BCUT2D eigenvalue weighted by Gasteiger charge is 2.45. The van der Waals surface area contributed by atoms with Gasteiger partial charge in [0.25, 0.3) is 0 Å². The molecule has 92 valence electrons. The SMILES string of the molecule is C=CC(C)C1(C(=O)O)CCC(C(C)C)CC1. The van der Waals surface area contributed by atoms with Gasteiger partial charge in [0.1, 0.15) is 0 Å². The zero-order valence-corrected chi connectivity index (χ0v) is 10.7. The van der Waals surface area contributed by atoms with Crippen LogP contribution in [0.3, 0.4) is 0 Å². The first kappa shape index (κ1) is 13.3. The van der Waals surface area contributed by atoms with E-state index in [0.717, 1.165) is 25.7 Å². The van der Waals surface area contributed by atoms with Crippen molar-refractivity contribution in [2.45, 2.75) is 46.5 Å². The summed E-state index contributed by atoms with van der Waals surface area (Å²) in [5, 5.41) is 9.47. The van der Waals surface area contributed by atoms with E-state index in [2.05, 4.69) is 20.4 Å². The average molecular weight is 224 g/mol. The molecule has 0 aromatic carbocycles. The van der Waals surface area contributed by atoms with E-state index >= 15 is 0 Å². The van der Waals surface area contributed by atoms with Crippen molar-refractivity contribution in [1.82, 2.24) is 0 Å². The average Bonchev–Trinajstić information content (AvgIpc) is 2.27. The van der Waals surface area contributed by atoms with Gasteiger partial charge in [0.15, 0.2) is 0 Å². The molecule has 1 rings (SSSR count). The summed E-state index contributed by atoms with van der Waals surface area (Å²) in [4.78, 5) is 11.5. The van der Waals surface area contributed by atoms with Gasteiger partial charge < -0.3 is 5.11 Å². The third-order valence-corrected chi connectivity index (χ3v) is 4.52. The summed E-state index contributed by atoms with van der Waals surface area (Å²) < 4.78 is 0. The van der Waals surface area contributed by atoms with E-state index in [1.807, 2.05) is 6.92 Å². The molecule has 1 fully saturated rings. The minimum Gasteiger partial charge on any atom is -0.481 e. The Bertz CT molecular complexity index is 260. The predicted molar refractivity (Wildman–Crippen MR) is 66.2 cm³/mol. The smallest absolute Gasteiger partial charge is 0.310 e. The molecule has 1 N–H and O–H groups in total. The Hall–Kier alpha value is -0.790. The van der Waals surface area contributed by atoms with Crippen molar-refractivity contribution >= 4 is 5.97 Å². The van der Waals surface area contributed by atoms with Gasteiger partial charge in [-0.1, -0.05) is 26.8 Å². The molecule has 0 aromatic heterocycles. The molecule has 0 saturated heterocycles. The summed E-state index contributed by atoms with van der Waals surface area (Å²) in [5.41, 5.74) is -0.548. The number of aliphatic carboxylic acids is 1. The Morgan fingerprint density at radius 1 is 1.38 bits per heavy atom. The molecule has 0 spiro atoms. The van der Waals surface area contributed by atoms with Gasteiger partial charge in [0.05, 0.1) is 5.41 Å². The molecule has 1 aliphatic rings. The van der Waals surface area contributed by atoms with E-state index in [0.29, 0.717) is 11.8 Å². The lowest BCUT2D eigenvalue weighted by atomic mass is 9.62. The van der Waals surface area contributed by atoms with Crippen molar-refractivity contribution < 1.29 is 9.90 Å². The van der Waals surface area contributed by atoms with Crippen LogP contribution in [0.15, 0.2) is 12.7 Å². The number of carboxylic acids is 1. The van der Waals surface area contributed by atoms with Crippen LogP contribution in [-0.2, 0) is 4.79 Å². The van der Waals surface area contributed by atoms with Crippen molar-refractivity contribution in [1.29, 1.82) is 0 Å². The van der Waals surface area contributed by atoms with Crippen LogP contribution in [0.25, 0.3) is 0 Å². The highest BCUT2D eigenvalue weighted by Crippen LogP contribution is 2.46. The van der Waals surface area contributed by atoms with Gasteiger partial charge in [0.2, 0.25) is 0 Å². The summed E-state index contributed by atoms with van der Waals surface area (Å²) in [7, 11) is 0. The number of carbonyl (C=O) groups is 1. The highest BCUT2D eigenvalue weighted by molar-refractivity contribution is 5.75. The van der Waals surface area contributed by atoms with Crippen LogP contribution in [0.5, 0.6) is 0 Å². The number of hydrogen-bond acceptors (Lipinski definition) is 1. The van der Waals surface area contributed by atoms with Crippen LogP contribution in [0.4, 0.5) is 0 Å². The lowest BCUT2D eigenvalue weighted by Crippen LogP contribution is -2.40. The second-order valence-electron chi connectivity index (χ2n) is 5.57. The molecular weight excluding hydrogens is 200 g/mol. The third kappa shape index (κ3) is 2.31. The fourth-order valence-electron chi connectivity index (χ4n) is 2.91. The van der Waals surface area contributed by atoms with Crippen LogP contribution in [0.2, 0.25) is 0 Å². The van der Waals surface area contributed by atoms with Crippen LogP contribution in [0.1, 0.15) is 46.5 Å². The second-order valence-corrected chi connectivity index (χ2v) is 5.57.